The maximum atomic E-state index is 12.6. The van der Waals surface area contributed by atoms with Crippen LogP contribution in [0.5, 0.6) is 0 Å². The molecule has 1 amide bonds. The number of thioether (sulfide) groups is 1. The lowest BCUT2D eigenvalue weighted by atomic mass is 9.95. The summed E-state index contributed by atoms with van der Waals surface area (Å²) in [6.45, 7) is 1.98. The summed E-state index contributed by atoms with van der Waals surface area (Å²) in [6.07, 6.45) is 7.05. The molecule has 1 aliphatic carbocycles. The number of thiophene rings is 1. The molecule has 5 heteroatoms. The summed E-state index contributed by atoms with van der Waals surface area (Å²) < 4.78 is 0. The molecule has 0 unspecified atom stereocenters. The summed E-state index contributed by atoms with van der Waals surface area (Å²) >= 11 is 9.73. The van der Waals surface area contributed by atoms with Crippen molar-refractivity contribution in [3.63, 3.8) is 0 Å². The van der Waals surface area contributed by atoms with Crippen molar-refractivity contribution < 1.29 is 4.79 Å². The zero-order valence-electron chi connectivity index (χ0n) is 13.4. The van der Waals surface area contributed by atoms with Gasteiger partial charge in [0.05, 0.1) is 15.6 Å². The van der Waals surface area contributed by atoms with Crippen LogP contribution in [0, 0.1) is 6.92 Å². The molecule has 2 nitrogen and oxygen atoms in total. The average Bonchev–Trinajstić information content (AvgIpc) is 2.95. The normalized spacial score (nSPS) is 16.2. The lowest BCUT2D eigenvalue weighted by molar-refractivity contribution is -0.112. The molecule has 0 saturated carbocycles. The summed E-state index contributed by atoms with van der Waals surface area (Å²) in [7, 11) is 0. The number of hydrogen-bond donors (Lipinski definition) is 1. The maximum Gasteiger partial charge on any atom is 0.262 e. The van der Waals surface area contributed by atoms with Gasteiger partial charge in [0.1, 0.15) is 0 Å². The molecular weight excluding hydrogens is 358 g/mol. The summed E-state index contributed by atoms with van der Waals surface area (Å²) in [6, 6.07) is 5.68. The van der Waals surface area contributed by atoms with Crippen LogP contribution in [0.2, 0.25) is 5.02 Å². The fraction of sp³-hybridized carbons (Fsp3) is 0.316. The van der Waals surface area contributed by atoms with Crippen LogP contribution in [0.3, 0.4) is 0 Å². The van der Waals surface area contributed by atoms with Crippen LogP contribution in [0.15, 0.2) is 23.1 Å². The van der Waals surface area contributed by atoms with Gasteiger partial charge < -0.3 is 5.32 Å². The first-order valence-electron chi connectivity index (χ1n) is 8.17. The minimum atomic E-state index is -0.0669. The fourth-order valence-electron chi connectivity index (χ4n) is 3.27. The highest BCUT2D eigenvalue weighted by atomic mass is 35.5. The Morgan fingerprint density at radius 2 is 2.04 bits per heavy atom. The SMILES string of the molecule is Cc1ccc(NC(=O)C2=Cc3sc4c(c3CS2)CCCC4)c(Cl)c1. The Morgan fingerprint density at radius 3 is 2.88 bits per heavy atom. The second-order valence-corrected chi connectivity index (χ2v) is 8.85. The molecule has 0 bridgehead atoms. The molecule has 0 fully saturated rings. The number of benzene rings is 1. The van der Waals surface area contributed by atoms with Gasteiger partial charge in [-0.1, -0.05) is 17.7 Å². The Hall–Kier alpha value is -1.23. The van der Waals surface area contributed by atoms with E-state index in [4.69, 9.17) is 11.6 Å². The number of aryl methyl sites for hydroxylation is 2. The highest BCUT2D eigenvalue weighted by Gasteiger charge is 2.25. The van der Waals surface area contributed by atoms with Crippen LogP contribution >= 0.6 is 34.7 Å². The highest BCUT2D eigenvalue weighted by molar-refractivity contribution is 8.03. The van der Waals surface area contributed by atoms with Gasteiger partial charge in [-0.15, -0.1) is 23.1 Å². The van der Waals surface area contributed by atoms with Gasteiger partial charge in [0, 0.05) is 15.5 Å². The zero-order valence-corrected chi connectivity index (χ0v) is 15.8. The molecule has 4 rings (SSSR count). The quantitative estimate of drug-likeness (QED) is 0.717. The van der Waals surface area contributed by atoms with E-state index in [0.29, 0.717) is 10.7 Å². The predicted octanol–water partition coefficient (Wildman–Crippen LogP) is 5.82. The Bertz CT molecular complexity index is 853. The second kappa shape index (κ2) is 6.58. The van der Waals surface area contributed by atoms with Gasteiger partial charge in [0.2, 0.25) is 0 Å². The Morgan fingerprint density at radius 1 is 1.21 bits per heavy atom. The van der Waals surface area contributed by atoms with Gasteiger partial charge in [-0.25, -0.2) is 0 Å². The number of rotatable bonds is 2. The molecule has 2 aliphatic rings. The molecule has 1 N–H and O–H groups in total. The van der Waals surface area contributed by atoms with Gasteiger partial charge in [0.25, 0.3) is 5.91 Å². The van der Waals surface area contributed by atoms with Gasteiger partial charge >= 0.3 is 0 Å². The number of nitrogens with one attached hydrogen (secondary N) is 1. The van der Waals surface area contributed by atoms with Crippen molar-refractivity contribution in [2.75, 3.05) is 5.32 Å². The van der Waals surface area contributed by atoms with Crippen LogP contribution in [0.4, 0.5) is 5.69 Å². The van der Waals surface area contributed by atoms with Crippen LogP contribution in [0.1, 0.15) is 39.3 Å². The molecule has 2 aromatic rings. The molecule has 1 aliphatic heterocycles. The van der Waals surface area contributed by atoms with Gasteiger partial charge in [-0.05, 0) is 67.5 Å². The molecule has 1 aromatic carbocycles. The van der Waals surface area contributed by atoms with Gasteiger partial charge in [-0.2, -0.15) is 0 Å². The lowest BCUT2D eigenvalue weighted by Gasteiger charge is -2.16. The van der Waals surface area contributed by atoms with E-state index in [1.165, 1.54) is 41.0 Å². The van der Waals surface area contributed by atoms with E-state index in [-0.39, 0.29) is 5.91 Å². The van der Waals surface area contributed by atoms with Crippen molar-refractivity contribution in [2.24, 2.45) is 0 Å². The van der Waals surface area contributed by atoms with E-state index < -0.39 is 0 Å². The zero-order chi connectivity index (χ0) is 16.7. The minimum absolute atomic E-state index is 0.0669. The predicted molar refractivity (Wildman–Crippen MR) is 105 cm³/mol. The number of carbonyl (C=O) groups excluding carboxylic acids is 1. The third-order valence-corrected chi connectivity index (χ3v) is 7.18. The number of carbonyl (C=O) groups is 1. The number of halogens is 1. The first-order chi connectivity index (χ1) is 11.6. The third-order valence-electron chi connectivity index (χ3n) is 4.54. The Balaban J connectivity index is 1.58. The fourth-order valence-corrected chi connectivity index (χ4v) is 6.09. The van der Waals surface area contributed by atoms with Crippen molar-refractivity contribution in [2.45, 2.75) is 38.4 Å². The van der Waals surface area contributed by atoms with Crippen molar-refractivity contribution in [1.29, 1.82) is 0 Å². The first kappa shape index (κ1) is 16.2. The molecule has 24 heavy (non-hydrogen) atoms. The van der Waals surface area contributed by atoms with Crippen molar-refractivity contribution >= 4 is 52.4 Å². The first-order valence-corrected chi connectivity index (χ1v) is 10.4. The summed E-state index contributed by atoms with van der Waals surface area (Å²) in [4.78, 5) is 16.2. The van der Waals surface area contributed by atoms with Crippen molar-refractivity contribution in [1.82, 2.24) is 0 Å². The van der Waals surface area contributed by atoms with Crippen LogP contribution in [-0.2, 0) is 23.4 Å². The third kappa shape index (κ3) is 3.03. The van der Waals surface area contributed by atoms with Crippen molar-refractivity contribution in [3.05, 3.63) is 54.6 Å². The van der Waals surface area contributed by atoms with Gasteiger partial charge in [0.15, 0.2) is 0 Å². The van der Waals surface area contributed by atoms with E-state index in [9.17, 15) is 4.79 Å². The van der Waals surface area contributed by atoms with Crippen molar-refractivity contribution in [3.8, 4) is 0 Å². The van der Waals surface area contributed by atoms with E-state index in [2.05, 4.69) is 11.4 Å². The second-order valence-electron chi connectivity index (χ2n) is 6.29. The molecule has 2 heterocycles. The number of anilines is 1. The standard InChI is InChI=1S/C19H18ClNOS2/c1-11-6-7-15(14(20)8-11)21-19(22)18-9-17-13(10-23-18)12-4-2-3-5-16(12)24-17/h6-9H,2-5,10H2,1H3,(H,21,22). The minimum Gasteiger partial charge on any atom is -0.320 e. The van der Waals surface area contributed by atoms with E-state index in [1.807, 2.05) is 36.5 Å². The molecular formula is C19H18ClNOS2. The molecule has 124 valence electrons. The summed E-state index contributed by atoms with van der Waals surface area (Å²) in [5.74, 6) is 0.838. The number of amides is 1. The Labute approximate surface area is 155 Å². The monoisotopic (exact) mass is 375 g/mol. The summed E-state index contributed by atoms with van der Waals surface area (Å²) in [5.41, 5.74) is 4.78. The van der Waals surface area contributed by atoms with Gasteiger partial charge in [-0.3, -0.25) is 4.79 Å². The van der Waals surface area contributed by atoms with Crippen LogP contribution in [0.25, 0.3) is 6.08 Å². The lowest BCUT2D eigenvalue weighted by Crippen LogP contribution is -2.14. The van der Waals surface area contributed by atoms with E-state index in [1.54, 1.807) is 17.3 Å². The summed E-state index contributed by atoms with van der Waals surface area (Å²) in [5, 5.41) is 3.52. The molecule has 0 spiro atoms. The number of fused-ring (bicyclic) bond motifs is 3. The van der Waals surface area contributed by atoms with Crippen LogP contribution < -0.4 is 5.32 Å². The highest BCUT2D eigenvalue weighted by Crippen LogP contribution is 2.42. The van der Waals surface area contributed by atoms with E-state index >= 15 is 0 Å². The molecule has 0 radical (unpaired) electrons. The maximum absolute atomic E-state index is 12.6. The largest absolute Gasteiger partial charge is 0.320 e. The van der Waals surface area contributed by atoms with Crippen LogP contribution in [-0.4, -0.2) is 5.91 Å². The topological polar surface area (TPSA) is 29.1 Å². The Kier molecular flexibility index (Phi) is 4.46. The molecule has 0 atom stereocenters. The molecule has 1 aromatic heterocycles. The average molecular weight is 376 g/mol. The number of hydrogen-bond acceptors (Lipinski definition) is 3. The van der Waals surface area contributed by atoms with E-state index in [0.717, 1.165) is 16.2 Å². The smallest absolute Gasteiger partial charge is 0.262 e. The molecule has 0 saturated heterocycles.